The van der Waals surface area contributed by atoms with Crippen molar-refractivity contribution in [2.45, 2.75) is 13.8 Å². The summed E-state index contributed by atoms with van der Waals surface area (Å²) in [5.41, 5.74) is 3.31. The lowest BCUT2D eigenvalue weighted by atomic mass is 10.1. The first kappa shape index (κ1) is 18.3. The molecule has 0 bridgehead atoms. The Hall–Kier alpha value is -3.02. The third kappa shape index (κ3) is 4.73. The van der Waals surface area contributed by atoms with Crippen LogP contribution in [0.5, 0.6) is 11.5 Å². The summed E-state index contributed by atoms with van der Waals surface area (Å²) in [7, 11) is 2.76. The Morgan fingerprint density at radius 2 is 1.72 bits per heavy atom. The molecule has 6 nitrogen and oxygen atoms in total. The van der Waals surface area contributed by atoms with Crippen molar-refractivity contribution in [2.75, 3.05) is 26.1 Å². The van der Waals surface area contributed by atoms with E-state index in [1.54, 1.807) is 12.1 Å². The van der Waals surface area contributed by atoms with Gasteiger partial charge in [0.1, 0.15) is 0 Å². The molecule has 0 unspecified atom stereocenters. The number of rotatable bonds is 6. The molecule has 2 aromatic carbocycles. The van der Waals surface area contributed by atoms with E-state index in [1.165, 1.54) is 20.3 Å². The van der Waals surface area contributed by atoms with Gasteiger partial charge in [0.2, 0.25) is 0 Å². The van der Waals surface area contributed by atoms with Gasteiger partial charge in [0.15, 0.2) is 18.1 Å². The normalized spacial score (nSPS) is 10.1. The van der Waals surface area contributed by atoms with Gasteiger partial charge in [-0.1, -0.05) is 6.07 Å². The minimum absolute atomic E-state index is 0.180. The Labute approximate surface area is 146 Å². The van der Waals surface area contributed by atoms with Crippen molar-refractivity contribution < 1.29 is 23.8 Å². The van der Waals surface area contributed by atoms with E-state index >= 15 is 0 Å². The molecular weight excluding hydrogens is 322 g/mol. The summed E-state index contributed by atoms with van der Waals surface area (Å²) in [6.45, 7) is 3.81. The monoisotopic (exact) mass is 343 g/mol. The number of carbonyl (C=O) groups is 2. The number of amides is 1. The van der Waals surface area contributed by atoms with Gasteiger partial charge in [-0.25, -0.2) is 4.79 Å². The Morgan fingerprint density at radius 1 is 0.960 bits per heavy atom. The average molecular weight is 343 g/mol. The maximum absolute atomic E-state index is 12.1. The maximum atomic E-state index is 12.1. The van der Waals surface area contributed by atoms with Crippen molar-refractivity contribution in [1.82, 2.24) is 0 Å². The summed E-state index contributed by atoms with van der Waals surface area (Å²) in [5.74, 6) is -0.0491. The number of anilines is 1. The second-order valence-corrected chi connectivity index (χ2v) is 5.49. The molecule has 2 rings (SSSR count). The predicted octanol–water partition coefficient (Wildman–Crippen LogP) is 3.12. The van der Waals surface area contributed by atoms with E-state index in [0.717, 1.165) is 11.1 Å². The lowest BCUT2D eigenvalue weighted by molar-refractivity contribution is -0.118. The van der Waals surface area contributed by atoms with E-state index in [1.807, 2.05) is 32.0 Å². The third-order valence-corrected chi connectivity index (χ3v) is 3.73. The lowest BCUT2D eigenvalue weighted by Gasteiger charge is -2.12. The van der Waals surface area contributed by atoms with Crippen molar-refractivity contribution in [3.8, 4) is 11.5 Å². The van der Waals surface area contributed by atoms with Gasteiger partial charge in [-0.05, 0) is 55.3 Å². The zero-order valence-corrected chi connectivity index (χ0v) is 14.7. The van der Waals surface area contributed by atoms with Gasteiger partial charge in [-0.2, -0.15) is 0 Å². The van der Waals surface area contributed by atoms with Crippen LogP contribution in [0.15, 0.2) is 36.4 Å². The summed E-state index contributed by atoms with van der Waals surface area (Å²) < 4.78 is 15.3. The highest BCUT2D eigenvalue weighted by Gasteiger charge is 2.13. The van der Waals surface area contributed by atoms with Crippen molar-refractivity contribution in [3.05, 3.63) is 53.1 Å². The molecule has 132 valence electrons. The van der Waals surface area contributed by atoms with Crippen molar-refractivity contribution in [3.63, 3.8) is 0 Å². The van der Waals surface area contributed by atoms with Crippen LogP contribution >= 0.6 is 0 Å². The molecule has 0 radical (unpaired) electrons. The van der Waals surface area contributed by atoms with E-state index < -0.39 is 5.97 Å². The number of hydrogen-bond acceptors (Lipinski definition) is 5. The molecule has 1 N–H and O–H groups in total. The quantitative estimate of drug-likeness (QED) is 0.816. The Balaban J connectivity index is 2.01. The molecule has 0 saturated carbocycles. The lowest BCUT2D eigenvalue weighted by Crippen LogP contribution is -2.20. The molecule has 0 aromatic heterocycles. The highest BCUT2D eigenvalue weighted by molar-refractivity contribution is 5.92. The molecule has 25 heavy (non-hydrogen) atoms. The summed E-state index contributed by atoms with van der Waals surface area (Å²) in [5, 5.41) is 2.78. The summed E-state index contributed by atoms with van der Waals surface area (Å²) in [6, 6.07) is 10.3. The van der Waals surface area contributed by atoms with Crippen LogP contribution in [0, 0.1) is 13.8 Å². The third-order valence-electron chi connectivity index (χ3n) is 3.73. The van der Waals surface area contributed by atoms with E-state index in [2.05, 4.69) is 10.1 Å². The van der Waals surface area contributed by atoms with E-state index in [0.29, 0.717) is 22.7 Å². The topological polar surface area (TPSA) is 73.9 Å². The van der Waals surface area contributed by atoms with Gasteiger partial charge in [0, 0.05) is 5.69 Å². The molecule has 6 heteroatoms. The molecule has 0 heterocycles. The van der Waals surface area contributed by atoms with Crippen LogP contribution in [0.2, 0.25) is 0 Å². The van der Waals surface area contributed by atoms with Gasteiger partial charge in [0.05, 0.1) is 19.8 Å². The molecule has 0 saturated heterocycles. The molecule has 1 amide bonds. The second kappa shape index (κ2) is 8.19. The molecule has 0 aliphatic heterocycles. The van der Waals surface area contributed by atoms with Crippen LogP contribution in [0.4, 0.5) is 5.69 Å². The Bertz CT molecular complexity index is 785. The van der Waals surface area contributed by atoms with Crippen LogP contribution in [0.3, 0.4) is 0 Å². The number of nitrogens with one attached hydrogen (secondary N) is 1. The first-order chi connectivity index (χ1) is 11.9. The Kier molecular flexibility index (Phi) is 6.00. The average Bonchev–Trinajstić information content (AvgIpc) is 2.62. The number of ether oxygens (including phenoxy) is 3. The number of carbonyl (C=O) groups excluding carboxylic acids is 2. The first-order valence-electron chi connectivity index (χ1n) is 7.71. The van der Waals surface area contributed by atoms with Crippen molar-refractivity contribution >= 4 is 17.6 Å². The smallest absolute Gasteiger partial charge is 0.337 e. The molecule has 2 aromatic rings. The van der Waals surface area contributed by atoms with Crippen LogP contribution < -0.4 is 14.8 Å². The van der Waals surface area contributed by atoms with E-state index in [4.69, 9.17) is 9.47 Å². The maximum Gasteiger partial charge on any atom is 0.337 e. The molecule has 0 fully saturated rings. The predicted molar refractivity (Wildman–Crippen MR) is 94.4 cm³/mol. The summed E-state index contributed by atoms with van der Waals surface area (Å²) in [4.78, 5) is 23.6. The first-order valence-corrected chi connectivity index (χ1v) is 7.71. The van der Waals surface area contributed by atoms with Crippen LogP contribution in [0.25, 0.3) is 0 Å². The summed E-state index contributed by atoms with van der Waals surface area (Å²) in [6.07, 6.45) is 0. The highest BCUT2D eigenvalue weighted by atomic mass is 16.5. The molecule has 0 spiro atoms. The number of benzene rings is 2. The van der Waals surface area contributed by atoms with Crippen LogP contribution in [0.1, 0.15) is 21.5 Å². The SMILES string of the molecule is COC(=O)c1ccc(OCC(=O)Nc2ccc(C)c(C)c2)c(OC)c1. The largest absolute Gasteiger partial charge is 0.493 e. The van der Waals surface area contributed by atoms with E-state index in [-0.39, 0.29) is 12.5 Å². The molecular formula is C19H21NO5. The van der Waals surface area contributed by atoms with Gasteiger partial charge in [0.25, 0.3) is 5.91 Å². The fraction of sp³-hybridized carbons (Fsp3) is 0.263. The number of esters is 1. The number of hydrogen-bond donors (Lipinski definition) is 1. The zero-order valence-electron chi connectivity index (χ0n) is 14.7. The number of aryl methyl sites for hydroxylation is 2. The standard InChI is InChI=1S/C19H21NO5/c1-12-5-7-15(9-13(12)2)20-18(21)11-25-16-8-6-14(19(22)24-4)10-17(16)23-3/h5-10H,11H2,1-4H3,(H,20,21). The van der Waals surface area contributed by atoms with Gasteiger partial charge in [-0.15, -0.1) is 0 Å². The highest BCUT2D eigenvalue weighted by Crippen LogP contribution is 2.28. The zero-order chi connectivity index (χ0) is 18.4. The van der Waals surface area contributed by atoms with Gasteiger partial charge < -0.3 is 19.5 Å². The van der Waals surface area contributed by atoms with Crippen molar-refractivity contribution in [2.24, 2.45) is 0 Å². The Morgan fingerprint density at radius 3 is 2.36 bits per heavy atom. The molecule has 0 aliphatic rings. The minimum Gasteiger partial charge on any atom is -0.493 e. The second-order valence-electron chi connectivity index (χ2n) is 5.49. The van der Waals surface area contributed by atoms with Gasteiger partial charge in [-0.3, -0.25) is 4.79 Å². The van der Waals surface area contributed by atoms with Crippen LogP contribution in [-0.4, -0.2) is 32.7 Å². The van der Waals surface area contributed by atoms with Crippen LogP contribution in [-0.2, 0) is 9.53 Å². The molecule has 0 atom stereocenters. The fourth-order valence-electron chi connectivity index (χ4n) is 2.19. The van der Waals surface area contributed by atoms with Gasteiger partial charge >= 0.3 is 5.97 Å². The number of methoxy groups -OCH3 is 2. The summed E-state index contributed by atoms with van der Waals surface area (Å²) >= 11 is 0. The molecule has 0 aliphatic carbocycles. The minimum atomic E-state index is -0.475. The van der Waals surface area contributed by atoms with E-state index in [9.17, 15) is 9.59 Å². The fourth-order valence-corrected chi connectivity index (χ4v) is 2.19. The van der Waals surface area contributed by atoms with Crippen molar-refractivity contribution in [1.29, 1.82) is 0 Å².